The Hall–Kier alpha value is -1.42. The van der Waals surface area contributed by atoms with Crippen molar-refractivity contribution in [2.45, 2.75) is 44.4 Å². The van der Waals surface area contributed by atoms with Crippen LogP contribution < -0.4 is 0 Å². The average molecular weight is 332 g/mol. The zero-order chi connectivity index (χ0) is 17.3. The summed E-state index contributed by atoms with van der Waals surface area (Å²) in [5.41, 5.74) is -0.650. The van der Waals surface area contributed by atoms with Gasteiger partial charge in [0, 0.05) is 5.57 Å². The summed E-state index contributed by atoms with van der Waals surface area (Å²) in [4.78, 5) is 10.9. The number of carbonyl (C=O) groups is 1. The van der Waals surface area contributed by atoms with E-state index in [1.165, 1.54) is 6.92 Å². The molecule has 0 amide bonds. The molecule has 0 spiro atoms. The van der Waals surface area contributed by atoms with Gasteiger partial charge in [0.25, 0.3) is 0 Å². The number of ether oxygens (including phenoxy) is 1. The highest BCUT2D eigenvalue weighted by atomic mass is 19.4. The average Bonchev–Trinajstić information content (AvgIpc) is 2.26. The predicted octanol–water partition coefficient (Wildman–Crippen LogP) is 4.31. The molecule has 2 nitrogen and oxygen atoms in total. The molecule has 11 heteroatoms. The molecule has 0 aromatic heterocycles. The highest BCUT2D eigenvalue weighted by Gasteiger charge is 2.83. The van der Waals surface area contributed by atoms with Crippen molar-refractivity contribution in [3.8, 4) is 0 Å². The van der Waals surface area contributed by atoms with Crippen LogP contribution in [0.25, 0.3) is 0 Å². The van der Waals surface area contributed by atoms with Crippen LogP contribution in [-0.4, -0.2) is 30.1 Å². The fraction of sp³-hybridized carbons (Fsp3) is 0.700. The molecule has 0 saturated carbocycles. The van der Waals surface area contributed by atoms with Crippen LogP contribution in [0.1, 0.15) is 20.3 Å². The van der Waals surface area contributed by atoms with Crippen molar-refractivity contribution in [1.82, 2.24) is 0 Å². The fourth-order valence-electron chi connectivity index (χ4n) is 1.01. The number of hydrogen-bond acceptors (Lipinski definition) is 2. The molecule has 0 aromatic carbocycles. The summed E-state index contributed by atoms with van der Waals surface area (Å²) in [5.74, 6) is -16.2. The van der Waals surface area contributed by atoms with Crippen molar-refractivity contribution in [2.75, 3.05) is 0 Å². The van der Waals surface area contributed by atoms with E-state index in [1.54, 1.807) is 0 Å². The molecule has 0 aliphatic rings. The van der Waals surface area contributed by atoms with Crippen molar-refractivity contribution in [3.63, 3.8) is 0 Å². The molecular weight excluding hydrogens is 323 g/mol. The van der Waals surface area contributed by atoms with Crippen molar-refractivity contribution in [1.29, 1.82) is 0 Å². The summed E-state index contributed by atoms with van der Waals surface area (Å²) >= 11 is 0. The molecule has 0 bridgehead atoms. The van der Waals surface area contributed by atoms with Gasteiger partial charge in [-0.25, -0.2) is 4.79 Å². The number of esters is 1. The maximum atomic E-state index is 12.9. The lowest BCUT2D eigenvalue weighted by Crippen LogP contribution is -2.62. The van der Waals surface area contributed by atoms with Crippen LogP contribution >= 0.6 is 0 Å². The molecule has 0 N–H and O–H groups in total. The molecule has 124 valence electrons. The van der Waals surface area contributed by atoms with E-state index >= 15 is 0 Å². The predicted molar refractivity (Wildman–Crippen MR) is 51.0 cm³/mol. The molecule has 0 radical (unpaired) electrons. The van der Waals surface area contributed by atoms with E-state index in [1.807, 2.05) is 0 Å². The summed E-state index contributed by atoms with van der Waals surface area (Å²) in [5, 5.41) is 0. The normalized spacial score (nSPS) is 15.1. The van der Waals surface area contributed by atoms with Gasteiger partial charge in [0.05, 0.1) is 0 Å². The van der Waals surface area contributed by atoms with Gasteiger partial charge in [-0.3, -0.25) is 0 Å². The molecule has 0 saturated heterocycles. The van der Waals surface area contributed by atoms with Gasteiger partial charge < -0.3 is 4.74 Å². The number of carbonyl (C=O) groups excluding carboxylic acids is 1. The number of halogens is 9. The molecule has 21 heavy (non-hydrogen) atoms. The molecule has 0 atom stereocenters. The Kier molecular flexibility index (Phi) is 5.37. The van der Waals surface area contributed by atoms with Gasteiger partial charge in [0.2, 0.25) is 0 Å². The van der Waals surface area contributed by atoms with E-state index in [0.29, 0.717) is 0 Å². The van der Waals surface area contributed by atoms with E-state index in [4.69, 9.17) is 0 Å². The molecule has 0 heterocycles. The third-order valence-electron chi connectivity index (χ3n) is 2.17. The Bertz CT molecular complexity index is 423. The molecule has 0 unspecified atom stereocenters. The largest absolute Gasteiger partial charge is 0.473 e. The Morgan fingerprint density at radius 2 is 1.38 bits per heavy atom. The Balaban J connectivity index is 5.50. The topological polar surface area (TPSA) is 26.3 Å². The lowest BCUT2D eigenvalue weighted by atomic mass is 10.1. The van der Waals surface area contributed by atoms with Gasteiger partial charge >= 0.3 is 30.1 Å². The standard InChI is InChI=1S/C10H9F9O2/c1-3-4-5(2)6(20)21-10(18,19)8(13,14)7(11,12)9(15,16)17/h4H,3H2,1-2H3. The van der Waals surface area contributed by atoms with E-state index in [-0.39, 0.29) is 6.42 Å². The fourth-order valence-corrected chi connectivity index (χ4v) is 1.01. The van der Waals surface area contributed by atoms with E-state index < -0.39 is 35.7 Å². The van der Waals surface area contributed by atoms with Crippen LogP contribution in [0, 0.1) is 0 Å². The molecule has 0 aliphatic carbocycles. The van der Waals surface area contributed by atoms with Gasteiger partial charge in [-0.15, -0.1) is 0 Å². The summed E-state index contributed by atoms with van der Waals surface area (Å²) in [6.07, 6.45) is -12.3. The van der Waals surface area contributed by atoms with E-state index in [0.717, 1.165) is 13.0 Å². The maximum absolute atomic E-state index is 12.9. The second-order valence-electron chi connectivity index (χ2n) is 3.85. The first-order valence-electron chi connectivity index (χ1n) is 5.22. The van der Waals surface area contributed by atoms with Gasteiger partial charge in [0.15, 0.2) is 0 Å². The minimum absolute atomic E-state index is 0.0849. The minimum Gasteiger partial charge on any atom is -0.393 e. The monoisotopic (exact) mass is 332 g/mol. The van der Waals surface area contributed by atoms with Gasteiger partial charge in [-0.2, -0.15) is 39.5 Å². The Morgan fingerprint density at radius 3 is 1.71 bits per heavy atom. The zero-order valence-electron chi connectivity index (χ0n) is 10.5. The summed E-state index contributed by atoms with van der Waals surface area (Å²) in [7, 11) is 0. The highest BCUT2D eigenvalue weighted by molar-refractivity contribution is 5.87. The Morgan fingerprint density at radius 1 is 0.952 bits per heavy atom. The maximum Gasteiger partial charge on any atom is 0.473 e. The van der Waals surface area contributed by atoms with Gasteiger partial charge in [-0.05, 0) is 13.3 Å². The molecule has 0 fully saturated rings. The van der Waals surface area contributed by atoms with Crippen LogP contribution in [0.3, 0.4) is 0 Å². The molecule has 0 rings (SSSR count). The second-order valence-corrected chi connectivity index (χ2v) is 3.85. The highest BCUT2D eigenvalue weighted by Crippen LogP contribution is 2.53. The molecular formula is C10H9F9O2. The summed E-state index contributed by atoms with van der Waals surface area (Å²) in [6.45, 7) is 2.25. The number of hydrogen-bond donors (Lipinski definition) is 0. The first-order valence-corrected chi connectivity index (χ1v) is 5.22. The second kappa shape index (κ2) is 5.76. The van der Waals surface area contributed by atoms with Gasteiger partial charge in [-0.1, -0.05) is 13.0 Å². The zero-order valence-corrected chi connectivity index (χ0v) is 10.5. The van der Waals surface area contributed by atoms with Crippen LogP contribution in [0.5, 0.6) is 0 Å². The van der Waals surface area contributed by atoms with Gasteiger partial charge in [0.1, 0.15) is 0 Å². The molecule has 0 aromatic rings. The van der Waals surface area contributed by atoms with Crippen LogP contribution in [0.15, 0.2) is 11.6 Å². The SMILES string of the molecule is CCC=C(C)C(=O)OC(F)(F)C(F)(F)C(F)(F)C(F)(F)F. The van der Waals surface area contributed by atoms with Crippen molar-refractivity contribution in [3.05, 3.63) is 11.6 Å². The van der Waals surface area contributed by atoms with E-state index in [2.05, 4.69) is 4.74 Å². The third kappa shape index (κ3) is 3.62. The van der Waals surface area contributed by atoms with Crippen molar-refractivity contribution < 1.29 is 49.0 Å². The van der Waals surface area contributed by atoms with Crippen molar-refractivity contribution in [2.24, 2.45) is 0 Å². The van der Waals surface area contributed by atoms with Crippen LogP contribution in [0.2, 0.25) is 0 Å². The summed E-state index contributed by atoms with van der Waals surface area (Å²) < 4.78 is 114. The lowest BCUT2D eigenvalue weighted by Gasteiger charge is -2.32. The van der Waals surface area contributed by atoms with E-state index in [9.17, 15) is 44.3 Å². The number of rotatable bonds is 5. The first kappa shape index (κ1) is 19.6. The Labute approximate surface area is 112 Å². The number of alkyl halides is 9. The van der Waals surface area contributed by atoms with Crippen LogP contribution in [-0.2, 0) is 9.53 Å². The number of allylic oxidation sites excluding steroid dienone is 1. The lowest BCUT2D eigenvalue weighted by molar-refractivity contribution is -0.434. The van der Waals surface area contributed by atoms with Crippen molar-refractivity contribution >= 4 is 5.97 Å². The summed E-state index contributed by atoms with van der Waals surface area (Å²) in [6, 6.07) is 0. The molecule has 0 aliphatic heterocycles. The first-order chi connectivity index (χ1) is 9.12. The smallest absolute Gasteiger partial charge is 0.393 e. The quantitative estimate of drug-likeness (QED) is 0.426. The minimum atomic E-state index is -7.09. The van der Waals surface area contributed by atoms with Crippen LogP contribution in [0.4, 0.5) is 39.5 Å². The third-order valence-corrected chi connectivity index (χ3v) is 2.17.